The van der Waals surface area contributed by atoms with Gasteiger partial charge in [-0.25, -0.2) is 0 Å². The molecule has 0 nitrogen and oxygen atoms in total. The normalized spacial score (nSPS) is 59.3. The van der Waals surface area contributed by atoms with Crippen LogP contribution in [-0.4, -0.2) is 0 Å². The molecule has 0 spiro atoms. The highest BCUT2D eigenvalue weighted by atomic mass is 14.6. The maximum atomic E-state index is 2.60. The van der Waals surface area contributed by atoms with Crippen molar-refractivity contribution in [2.24, 2.45) is 29.6 Å². The first kappa shape index (κ1) is 6.23. The molecular formula is C12H16. The summed E-state index contributed by atoms with van der Waals surface area (Å²) in [7, 11) is 0. The van der Waals surface area contributed by atoms with Crippen molar-refractivity contribution in [3.05, 3.63) is 11.6 Å². The first-order valence-corrected chi connectivity index (χ1v) is 5.61. The lowest BCUT2D eigenvalue weighted by Gasteiger charge is -2.47. The predicted molar refractivity (Wildman–Crippen MR) is 48.6 cm³/mol. The molecule has 0 saturated heterocycles. The van der Waals surface area contributed by atoms with Gasteiger partial charge in [0.1, 0.15) is 0 Å². The molecule has 3 saturated carbocycles. The van der Waals surface area contributed by atoms with Crippen LogP contribution in [0.25, 0.3) is 0 Å². The molecular weight excluding hydrogens is 144 g/mol. The fourth-order valence-electron chi connectivity index (χ4n) is 4.70. The third-order valence-electron chi connectivity index (χ3n) is 5.10. The molecule has 0 heterocycles. The van der Waals surface area contributed by atoms with Gasteiger partial charge in [0.05, 0.1) is 0 Å². The molecule has 5 aliphatic carbocycles. The largest absolute Gasteiger partial charge is 0.0816 e. The minimum absolute atomic E-state index is 1.05. The molecule has 5 atom stereocenters. The van der Waals surface area contributed by atoms with E-state index in [4.69, 9.17) is 0 Å². The Balaban J connectivity index is 1.78. The molecule has 12 heavy (non-hydrogen) atoms. The SMILES string of the molecule is C1=C2CC1C1C3CCC(C3)C1C2. The van der Waals surface area contributed by atoms with Crippen molar-refractivity contribution in [2.45, 2.75) is 32.1 Å². The molecule has 0 aliphatic heterocycles. The smallest absolute Gasteiger partial charge is 0.0160 e. The second-order valence-corrected chi connectivity index (χ2v) is 5.47. The fraction of sp³-hybridized carbons (Fsp3) is 0.833. The Kier molecular flexibility index (Phi) is 0.939. The summed E-state index contributed by atoms with van der Waals surface area (Å²) in [5.74, 6) is 5.67. The molecule has 0 aromatic heterocycles. The molecule has 5 aliphatic rings. The Morgan fingerprint density at radius 1 is 1.08 bits per heavy atom. The monoisotopic (exact) mass is 160 g/mol. The summed E-state index contributed by atoms with van der Waals surface area (Å²) in [4.78, 5) is 0. The minimum Gasteiger partial charge on any atom is -0.0816 e. The molecule has 0 heteroatoms. The van der Waals surface area contributed by atoms with Gasteiger partial charge in [-0.15, -0.1) is 0 Å². The number of hydrogen-bond donors (Lipinski definition) is 0. The lowest BCUT2D eigenvalue weighted by atomic mass is 9.58. The van der Waals surface area contributed by atoms with Crippen LogP contribution in [0.1, 0.15) is 32.1 Å². The molecule has 0 aromatic carbocycles. The predicted octanol–water partition coefficient (Wildman–Crippen LogP) is 3.00. The summed E-state index contributed by atoms with van der Waals surface area (Å²) in [6, 6.07) is 0. The molecule has 4 bridgehead atoms. The summed E-state index contributed by atoms with van der Waals surface area (Å²) in [6.45, 7) is 0. The van der Waals surface area contributed by atoms with Gasteiger partial charge in [0.15, 0.2) is 0 Å². The van der Waals surface area contributed by atoms with Crippen LogP contribution < -0.4 is 0 Å². The van der Waals surface area contributed by atoms with Crippen LogP contribution in [0.15, 0.2) is 11.6 Å². The maximum Gasteiger partial charge on any atom is -0.0160 e. The highest BCUT2D eigenvalue weighted by Gasteiger charge is 2.54. The lowest BCUT2D eigenvalue weighted by Crippen LogP contribution is -2.37. The average Bonchev–Trinajstić information content (AvgIpc) is 2.61. The Morgan fingerprint density at radius 3 is 2.75 bits per heavy atom. The number of fused-ring (bicyclic) bond motifs is 2. The second kappa shape index (κ2) is 1.81. The zero-order valence-electron chi connectivity index (χ0n) is 7.50. The number of hydrogen-bond acceptors (Lipinski definition) is 0. The number of rotatable bonds is 0. The van der Waals surface area contributed by atoms with E-state index in [1.807, 2.05) is 5.57 Å². The zero-order chi connectivity index (χ0) is 7.71. The van der Waals surface area contributed by atoms with Crippen molar-refractivity contribution < 1.29 is 0 Å². The molecule has 0 aromatic rings. The van der Waals surface area contributed by atoms with E-state index in [1.54, 1.807) is 19.3 Å². The van der Waals surface area contributed by atoms with E-state index in [0.717, 1.165) is 29.6 Å². The van der Waals surface area contributed by atoms with Crippen LogP contribution in [0.3, 0.4) is 0 Å². The highest BCUT2D eigenvalue weighted by molar-refractivity contribution is 5.26. The first-order valence-electron chi connectivity index (χ1n) is 5.61. The van der Waals surface area contributed by atoms with Crippen LogP contribution in [0.2, 0.25) is 0 Å². The summed E-state index contributed by atoms with van der Waals surface area (Å²) in [5.41, 5.74) is 1.81. The van der Waals surface area contributed by atoms with Crippen molar-refractivity contribution in [2.75, 3.05) is 0 Å². The molecule has 5 unspecified atom stereocenters. The van der Waals surface area contributed by atoms with E-state index < -0.39 is 0 Å². The van der Waals surface area contributed by atoms with Crippen molar-refractivity contribution in [3.63, 3.8) is 0 Å². The highest BCUT2D eigenvalue weighted by Crippen LogP contribution is 2.63. The zero-order valence-corrected chi connectivity index (χ0v) is 7.50. The number of allylic oxidation sites excluding steroid dienone is 2. The van der Waals surface area contributed by atoms with Gasteiger partial charge in [0.25, 0.3) is 0 Å². The molecule has 0 amide bonds. The quantitative estimate of drug-likeness (QED) is 0.478. The molecule has 0 radical (unpaired) electrons. The molecule has 3 fully saturated rings. The van der Waals surface area contributed by atoms with Gasteiger partial charge in [-0.1, -0.05) is 11.6 Å². The second-order valence-electron chi connectivity index (χ2n) is 5.47. The summed E-state index contributed by atoms with van der Waals surface area (Å²) >= 11 is 0. The van der Waals surface area contributed by atoms with Crippen molar-refractivity contribution in [3.8, 4) is 0 Å². The third-order valence-corrected chi connectivity index (χ3v) is 5.10. The first-order chi connectivity index (χ1) is 5.92. The maximum absolute atomic E-state index is 2.60. The van der Waals surface area contributed by atoms with Crippen molar-refractivity contribution >= 4 is 0 Å². The van der Waals surface area contributed by atoms with E-state index in [0.29, 0.717) is 0 Å². The molecule has 64 valence electrons. The third kappa shape index (κ3) is 0.551. The molecule has 0 N–H and O–H groups in total. The van der Waals surface area contributed by atoms with Crippen molar-refractivity contribution in [1.29, 1.82) is 0 Å². The summed E-state index contributed by atoms with van der Waals surface area (Å²) in [5, 5.41) is 0. The fourth-order valence-corrected chi connectivity index (χ4v) is 4.70. The van der Waals surface area contributed by atoms with Gasteiger partial charge < -0.3 is 0 Å². The van der Waals surface area contributed by atoms with Gasteiger partial charge in [0.2, 0.25) is 0 Å². The summed E-state index contributed by atoms with van der Waals surface area (Å²) < 4.78 is 0. The average molecular weight is 160 g/mol. The topological polar surface area (TPSA) is 0 Å². The van der Waals surface area contributed by atoms with Crippen molar-refractivity contribution in [1.82, 2.24) is 0 Å². The van der Waals surface area contributed by atoms with Crippen LogP contribution in [0, 0.1) is 29.6 Å². The minimum atomic E-state index is 1.05. The van der Waals surface area contributed by atoms with Crippen LogP contribution in [0.5, 0.6) is 0 Å². The van der Waals surface area contributed by atoms with Gasteiger partial charge >= 0.3 is 0 Å². The van der Waals surface area contributed by atoms with E-state index in [9.17, 15) is 0 Å². The van der Waals surface area contributed by atoms with Gasteiger partial charge in [-0.3, -0.25) is 0 Å². The van der Waals surface area contributed by atoms with Gasteiger partial charge in [-0.05, 0) is 61.7 Å². The Bertz CT molecular complexity index is 263. The Labute approximate surface area is 74.0 Å². The molecule has 5 rings (SSSR count). The van der Waals surface area contributed by atoms with Gasteiger partial charge in [-0.2, -0.15) is 0 Å². The van der Waals surface area contributed by atoms with Gasteiger partial charge in [0, 0.05) is 0 Å². The van der Waals surface area contributed by atoms with E-state index in [1.165, 1.54) is 12.8 Å². The van der Waals surface area contributed by atoms with Crippen LogP contribution >= 0.6 is 0 Å². The van der Waals surface area contributed by atoms with E-state index >= 15 is 0 Å². The lowest BCUT2D eigenvalue weighted by molar-refractivity contribution is 0.123. The Hall–Kier alpha value is -0.260. The van der Waals surface area contributed by atoms with Crippen LogP contribution in [-0.2, 0) is 0 Å². The standard InChI is InChI=1S/C12H16/c1-2-9-6-8(1)11-5-7-3-10(4-7)12(9)11/h3,8-12H,1-2,4-6H2. The summed E-state index contributed by atoms with van der Waals surface area (Å²) in [6.07, 6.45) is 10.3. The Morgan fingerprint density at radius 2 is 1.92 bits per heavy atom. The van der Waals surface area contributed by atoms with Crippen LogP contribution in [0.4, 0.5) is 0 Å². The van der Waals surface area contributed by atoms with E-state index in [2.05, 4.69) is 6.08 Å². The van der Waals surface area contributed by atoms with E-state index in [-0.39, 0.29) is 0 Å².